The Labute approximate surface area is 126 Å². The van der Waals surface area contributed by atoms with Crippen molar-refractivity contribution in [3.63, 3.8) is 0 Å². The lowest BCUT2D eigenvalue weighted by atomic mass is 9.87. The van der Waals surface area contributed by atoms with Crippen LogP contribution < -0.4 is 0 Å². The number of fused-ring (bicyclic) bond motifs is 3. The molecule has 5 nitrogen and oxygen atoms in total. The summed E-state index contributed by atoms with van der Waals surface area (Å²) >= 11 is 0. The van der Waals surface area contributed by atoms with E-state index in [4.69, 9.17) is 0 Å². The normalized spacial score (nSPS) is 13.0. The number of carbonyl (C=O) groups is 2. The van der Waals surface area contributed by atoms with Gasteiger partial charge in [0, 0.05) is 17.3 Å². The van der Waals surface area contributed by atoms with Gasteiger partial charge in [0.2, 0.25) is 11.6 Å². The number of hydrogen-bond donors (Lipinski definition) is 0. The monoisotopic (exact) mass is 289 g/mol. The van der Waals surface area contributed by atoms with Crippen molar-refractivity contribution >= 4 is 11.6 Å². The van der Waals surface area contributed by atoms with E-state index in [9.17, 15) is 9.59 Å². The number of nitrogens with zero attached hydrogens (tertiary/aromatic N) is 3. The quantitative estimate of drug-likeness (QED) is 0.646. The number of carbonyl (C=O) groups excluding carboxylic acids is 2. The molecule has 2 aromatic heterocycles. The highest BCUT2D eigenvalue weighted by molar-refractivity contribution is 6.53. The molecule has 0 radical (unpaired) electrons. The topological polar surface area (TPSA) is 64.8 Å². The lowest BCUT2D eigenvalue weighted by molar-refractivity contribution is 0.0815. The smallest absolute Gasteiger partial charge is 0.237 e. The molecule has 22 heavy (non-hydrogen) atoms. The molecule has 3 aromatic rings. The van der Waals surface area contributed by atoms with E-state index in [1.165, 1.54) is 0 Å². The zero-order valence-electron chi connectivity index (χ0n) is 11.8. The van der Waals surface area contributed by atoms with Crippen LogP contribution in [-0.2, 0) is 0 Å². The Morgan fingerprint density at radius 1 is 0.955 bits per heavy atom. The zero-order chi connectivity index (χ0) is 15.3. The SMILES string of the molecule is Cc1nn(-c2cccnc2)c2c1C(=O)C(=O)c1ccccc1-2. The summed E-state index contributed by atoms with van der Waals surface area (Å²) < 4.78 is 1.68. The number of hydrogen-bond acceptors (Lipinski definition) is 4. The fourth-order valence-electron chi connectivity index (χ4n) is 2.84. The average molecular weight is 289 g/mol. The number of rotatable bonds is 1. The third kappa shape index (κ3) is 1.59. The van der Waals surface area contributed by atoms with Crippen LogP contribution in [-0.4, -0.2) is 26.3 Å². The van der Waals surface area contributed by atoms with E-state index < -0.39 is 11.6 Å². The minimum atomic E-state index is -0.499. The minimum Gasteiger partial charge on any atom is -0.285 e. The molecular weight excluding hydrogens is 278 g/mol. The Hall–Kier alpha value is -3.08. The lowest BCUT2D eigenvalue weighted by Gasteiger charge is -2.16. The van der Waals surface area contributed by atoms with Crippen LogP contribution in [0.3, 0.4) is 0 Å². The van der Waals surface area contributed by atoms with Gasteiger partial charge < -0.3 is 0 Å². The maximum atomic E-state index is 12.4. The minimum absolute atomic E-state index is 0.382. The van der Waals surface area contributed by atoms with E-state index in [1.54, 1.807) is 42.2 Å². The molecule has 0 atom stereocenters. The number of benzene rings is 1. The fraction of sp³-hybridized carbons (Fsp3) is 0.0588. The molecule has 4 rings (SSSR count). The van der Waals surface area contributed by atoms with Crippen LogP contribution in [0.1, 0.15) is 26.4 Å². The third-order valence-corrected chi connectivity index (χ3v) is 3.81. The summed E-state index contributed by atoms with van der Waals surface area (Å²) in [5.74, 6) is -0.974. The van der Waals surface area contributed by atoms with Crippen molar-refractivity contribution in [2.45, 2.75) is 6.92 Å². The van der Waals surface area contributed by atoms with Gasteiger partial charge in [-0.2, -0.15) is 5.10 Å². The van der Waals surface area contributed by atoms with Gasteiger partial charge in [0.25, 0.3) is 0 Å². The van der Waals surface area contributed by atoms with Gasteiger partial charge in [-0.3, -0.25) is 14.6 Å². The van der Waals surface area contributed by atoms with Crippen LogP contribution in [0.5, 0.6) is 0 Å². The van der Waals surface area contributed by atoms with Crippen molar-refractivity contribution in [1.82, 2.24) is 14.8 Å². The second-order valence-electron chi connectivity index (χ2n) is 5.14. The molecule has 0 N–H and O–H groups in total. The maximum Gasteiger partial charge on any atom is 0.237 e. The Balaban J connectivity index is 2.10. The molecule has 0 amide bonds. The van der Waals surface area contributed by atoms with Gasteiger partial charge in [-0.1, -0.05) is 24.3 Å². The van der Waals surface area contributed by atoms with Gasteiger partial charge in [0.05, 0.1) is 28.8 Å². The van der Waals surface area contributed by atoms with Crippen LogP contribution >= 0.6 is 0 Å². The molecule has 2 heterocycles. The van der Waals surface area contributed by atoms with Crippen molar-refractivity contribution in [2.75, 3.05) is 0 Å². The molecule has 0 spiro atoms. The number of ketones is 2. The van der Waals surface area contributed by atoms with E-state index >= 15 is 0 Å². The third-order valence-electron chi connectivity index (χ3n) is 3.81. The van der Waals surface area contributed by atoms with E-state index in [1.807, 2.05) is 18.2 Å². The molecule has 1 aromatic carbocycles. The predicted molar refractivity (Wildman–Crippen MR) is 80.2 cm³/mol. The van der Waals surface area contributed by atoms with Crippen LogP contribution in [0.25, 0.3) is 16.9 Å². The number of aromatic nitrogens is 3. The summed E-state index contributed by atoms with van der Waals surface area (Å²) in [5, 5.41) is 4.45. The molecular formula is C17H11N3O2. The maximum absolute atomic E-state index is 12.4. The van der Waals surface area contributed by atoms with Gasteiger partial charge in [0.1, 0.15) is 0 Å². The standard InChI is InChI=1S/C17H11N3O2/c1-10-14-15(20(19-10)11-5-4-8-18-9-11)12-6-2-3-7-13(12)16(21)17(14)22/h2-9H,1H3. The van der Waals surface area contributed by atoms with E-state index in [0.29, 0.717) is 22.5 Å². The van der Waals surface area contributed by atoms with E-state index in [0.717, 1.165) is 11.3 Å². The molecule has 0 bridgehead atoms. The van der Waals surface area contributed by atoms with Gasteiger partial charge in [-0.05, 0) is 19.1 Å². The highest BCUT2D eigenvalue weighted by Gasteiger charge is 2.35. The van der Waals surface area contributed by atoms with Crippen molar-refractivity contribution in [3.8, 4) is 16.9 Å². The van der Waals surface area contributed by atoms with E-state index in [2.05, 4.69) is 10.1 Å². The lowest BCUT2D eigenvalue weighted by Crippen LogP contribution is -2.22. The molecule has 106 valence electrons. The highest BCUT2D eigenvalue weighted by atomic mass is 16.2. The molecule has 0 fully saturated rings. The Kier molecular flexibility index (Phi) is 2.56. The first kappa shape index (κ1) is 12.6. The number of Topliss-reactive ketones (excluding diaryl/α,β-unsaturated/α-hetero) is 2. The highest BCUT2D eigenvalue weighted by Crippen LogP contribution is 2.36. The predicted octanol–water partition coefficient (Wildman–Crippen LogP) is 2.62. The molecule has 5 heteroatoms. The van der Waals surface area contributed by atoms with Gasteiger partial charge in [-0.15, -0.1) is 0 Å². The first-order chi connectivity index (χ1) is 10.7. The van der Waals surface area contributed by atoms with Crippen molar-refractivity contribution < 1.29 is 9.59 Å². The summed E-state index contributed by atoms with van der Waals surface area (Å²) in [4.78, 5) is 28.8. The van der Waals surface area contributed by atoms with Gasteiger partial charge >= 0.3 is 0 Å². The number of aryl methyl sites for hydroxylation is 1. The zero-order valence-corrected chi connectivity index (χ0v) is 11.8. The molecule has 1 aliphatic carbocycles. The largest absolute Gasteiger partial charge is 0.285 e. The van der Waals surface area contributed by atoms with Crippen LogP contribution in [0.15, 0.2) is 48.8 Å². The molecule has 0 saturated heterocycles. The van der Waals surface area contributed by atoms with Crippen LogP contribution in [0, 0.1) is 6.92 Å². The first-order valence-electron chi connectivity index (χ1n) is 6.87. The molecule has 1 aliphatic rings. The molecule has 0 saturated carbocycles. The second-order valence-corrected chi connectivity index (χ2v) is 5.14. The summed E-state index contributed by atoms with van der Waals surface area (Å²) in [7, 11) is 0. The summed E-state index contributed by atoms with van der Waals surface area (Å²) in [5.41, 5.74) is 3.49. The van der Waals surface area contributed by atoms with Gasteiger partial charge in [-0.25, -0.2) is 4.68 Å². The summed E-state index contributed by atoms with van der Waals surface area (Å²) in [6, 6.07) is 10.8. The molecule has 0 aliphatic heterocycles. The summed E-state index contributed by atoms with van der Waals surface area (Å²) in [6.45, 7) is 1.74. The summed E-state index contributed by atoms with van der Waals surface area (Å²) in [6.07, 6.45) is 3.35. The van der Waals surface area contributed by atoms with Gasteiger partial charge in [0.15, 0.2) is 0 Å². The van der Waals surface area contributed by atoms with Crippen molar-refractivity contribution in [2.24, 2.45) is 0 Å². The average Bonchev–Trinajstić information content (AvgIpc) is 2.91. The van der Waals surface area contributed by atoms with Crippen molar-refractivity contribution in [1.29, 1.82) is 0 Å². The first-order valence-corrected chi connectivity index (χ1v) is 6.87. The Bertz CT molecular complexity index is 926. The number of pyridine rings is 1. The van der Waals surface area contributed by atoms with Crippen LogP contribution in [0.4, 0.5) is 0 Å². The van der Waals surface area contributed by atoms with Crippen LogP contribution in [0.2, 0.25) is 0 Å². The fourth-order valence-corrected chi connectivity index (χ4v) is 2.84. The Morgan fingerprint density at radius 3 is 2.45 bits per heavy atom. The molecule has 0 unspecified atom stereocenters. The second kappa shape index (κ2) is 4.46. The Morgan fingerprint density at radius 2 is 1.73 bits per heavy atom. The van der Waals surface area contributed by atoms with Crippen molar-refractivity contribution in [3.05, 3.63) is 65.6 Å². The van der Waals surface area contributed by atoms with E-state index in [-0.39, 0.29) is 0 Å².